The van der Waals surface area contributed by atoms with Crippen LogP contribution in [0.5, 0.6) is 0 Å². The Balaban J connectivity index is 1.36. The number of benzene rings is 1. The van der Waals surface area contributed by atoms with Gasteiger partial charge in [-0.3, -0.25) is 20.0 Å². The molecule has 136 valence electrons. The Labute approximate surface area is 162 Å². The van der Waals surface area contributed by atoms with Gasteiger partial charge in [-0.15, -0.1) is 0 Å². The van der Waals surface area contributed by atoms with Gasteiger partial charge in [0.25, 0.3) is 5.91 Å². The van der Waals surface area contributed by atoms with Crippen LogP contribution in [-0.2, 0) is 4.79 Å². The molecule has 1 aliphatic carbocycles. The van der Waals surface area contributed by atoms with Gasteiger partial charge in [-0.1, -0.05) is 15.9 Å². The van der Waals surface area contributed by atoms with Crippen LogP contribution in [0.3, 0.4) is 0 Å². The molecule has 5 rings (SSSR count). The fraction of sp³-hybridized carbons (Fsp3) is 0.278. The summed E-state index contributed by atoms with van der Waals surface area (Å²) in [7, 11) is 0. The third kappa shape index (κ3) is 2.69. The maximum Gasteiger partial charge on any atom is 0.254 e. The normalized spacial score (nSPS) is 20.8. The average molecular weight is 427 g/mol. The van der Waals surface area contributed by atoms with E-state index in [0.29, 0.717) is 17.1 Å². The summed E-state index contributed by atoms with van der Waals surface area (Å²) in [5.74, 6) is 0.0725. The molecule has 0 bridgehead atoms. The highest BCUT2D eigenvalue weighted by Crippen LogP contribution is 2.46. The van der Waals surface area contributed by atoms with Gasteiger partial charge in [0.2, 0.25) is 11.9 Å². The van der Waals surface area contributed by atoms with Gasteiger partial charge in [0.15, 0.2) is 5.65 Å². The van der Waals surface area contributed by atoms with Crippen molar-refractivity contribution in [1.29, 1.82) is 0 Å². The first kappa shape index (κ1) is 16.4. The van der Waals surface area contributed by atoms with Gasteiger partial charge in [0, 0.05) is 28.2 Å². The summed E-state index contributed by atoms with van der Waals surface area (Å²) in [6.45, 7) is -0.0140. The van der Waals surface area contributed by atoms with Crippen molar-refractivity contribution < 1.29 is 9.59 Å². The number of hydrogen-bond donors (Lipinski definition) is 2. The van der Waals surface area contributed by atoms with E-state index >= 15 is 0 Å². The van der Waals surface area contributed by atoms with E-state index in [1.165, 1.54) is 0 Å². The van der Waals surface area contributed by atoms with Crippen molar-refractivity contribution in [2.24, 2.45) is 0 Å². The van der Waals surface area contributed by atoms with Gasteiger partial charge in [-0.25, -0.2) is 4.98 Å². The third-order valence-electron chi connectivity index (χ3n) is 5.30. The Kier molecular flexibility index (Phi) is 3.71. The second-order valence-electron chi connectivity index (χ2n) is 6.83. The van der Waals surface area contributed by atoms with Crippen LogP contribution in [0.2, 0.25) is 0 Å². The summed E-state index contributed by atoms with van der Waals surface area (Å²) in [4.78, 5) is 35.5. The molecule has 2 aliphatic rings. The van der Waals surface area contributed by atoms with Crippen molar-refractivity contribution in [2.45, 2.75) is 24.8 Å². The standard InChI is InChI=1S/C18H15BrN6O2/c19-10-1-2-12-13(5-10)11-3-4-14(11)25(17(12)27)8-15(26)22-18-20-6-9-7-21-24-16(9)23-18/h1-2,5-7,11,14H,3-4,8H2,(H2,20,21,22,23,24,26). The lowest BCUT2D eigenvalue weighted by atomic mass is 9.70. The van der Waals surface area contributed by atoms with E-state index in [1.54, 1.807) is 17.3 Å². The first-order valence-corrected chi connectivity index (χ1v) is 9.46. The summed E-state index contributed by atoms with van der Waals surface area (Å²) >= 11 is 3.48. The maximum atomic E-state index is 12.9. The molecule has 3 heterocycles. The van der Waals surface area contributed by atoms with Crippen molar-refractivity contribution in [3.63, 3.8) is 0 Å². The summed E-state index contributed by atoms with van der Waals surface area (Å²) in [6, 6.07) is 5.79. The number of anilines is 1. The van der Waals surface area contributed by atoms with Crippen LogP contribution in [0.25, 0.3) is 11.0 Å². The average Bonchev–Trinajstić information content (AvgIpc) is 3.06. The van der Waals surface area contributed by atoms with E-state index in [2.05, 4.69) is 41.4 Å². The third-order valence-corrected chi connectivity index (χ3v) is 5.79. The number of carbonyl (C=O) groups excluding carboxylic acids is 2. The number of aromatic nitrogens is 4. The van der Waals surface area contributed by atoms with Crippen molar-refractivity contribution in [3.05, 3.63) is 46.2 Å². The minimum atomic E-state index is -0.312. The summed E-state index contributed by atoms with van der Waals surface area (Å²) in [6.07, 6.45) is 5.13. The minimum Gasteiger partial charge on any atom is -0.326 e. The lowest BCUT2D eigenvalue weighted by Gasteiger charge is -2.48. The van der Waals surface area contributed by atoms with Crippen molar-refractivity contribution >= 4 is 44.7 Å². The van der Waals surface area contributed by atoms with Crippen molar-refractivity contribution in [3.8, 4) is 0 Å². The Bertz CT molecular complexity index is 1080. The second kappa shape index (κ2) is 6.12. The highest BCUT2D eigenvalue weighted by molar-refractivity contribution is 9.10. The second-order valence-corrected chi connectivity index (χ2v) is 7.75. The Hall–Kier alpha value is -2.81. The molecular weight excluding hydrogens is 412 g/mol. The molecule has 27 heavy (non-hydrogen) atoms. The number of amides is 2. The van der Waals surface area contributed by atoms with Crippen molar-refractivity contribution in [1.82, 2.24) is 25.1 Å². The lowest BCUT2D eigenvalue weighted by molar-refractivity contribution is -0.117. The molecule has 1 saturated carbocycles. The van der Waals surface area contributed by atoms with Gasteiger partial charge in [0.1, 0.15) is 6.54 Å². The smallest absolute Gasteiger partial charge is 0.254 e. The molecule has 3 aromatic rings. The Morgan fingerprint density at radius 2 is 2.22 bits per heavy atom. The molecule has 0 radical (unpaired) electrons. The number of nitrogens with one attached hydrogen (secondary N) is 2. The number of carbonyl (C=O) groups is 2. The molecule has 0 spiro atoms. The van der Waals surface area contributed by atoms with E-state index < -0.39 is 0 Å². The molecule has 8 nitrogen and oxygen atoms in total. The molecule has 2 atom stereocenters. The van der Waals surface area contributed by atoms with E-state index in [9.17, 15) is 9.59 Å². The zero-order valence-corrected chi connectivity index (χ0v) is 15.7. The predicted octanol–water partition coefficient (Wildman–Crippen LogP) is 2.46. The van der Waals surface area contributed by atoms with Crippen LogP contribution in [0, 0.1) is 0 Å². The number of fused-ring (bicyclic) bond motifs is 4. The monoisotopic (exact) mass is 426 g/mol. The number of H-pyrrole nitrogens is 1. The Morgan fingerprint density at radius 3 is 3.04 bits per heavy atom. The molecule has 2 amide bonds. The van der Waals surface area contributed by atoms with Gasteiger partial charge in [-0.05, 0) is 36.6 Å². The zero-order chi connectivity index (χ0) is 18.5. The zero-order valence-electron chi connectivity index (χ0n) is 14.1. The van der Waals surface area contributed by atoms with Gasteiger partial charge in [0.05, 0.1) is 11.6 Å². The van der Waals surface area contributed by atoms with E-state index in [0.717, 1.165) is 28.3 Å². The van der Waals surface area contributed by atoms with Gasteiger partial charge >= 0.3 is 0 Å². The summed E-state index contributed by atoms with van der Waals surface area (Å²) < 4.78 is 0.970. The molecule has 1 aliphatic heterocycles. The first-order chi connectivity index (χ1) is 13.1. The maximum absolute atomic E-state index is 12.9. The summed E-state index contributed by atoms with van der Waals surface area (Å²) in [5, 5.41) is 10.1. The van der Waals surface area contributed by atoms with Crippen LogP contribution in [0.1, 0.15) is 34.7 Å². The topological polar surface area (TPSA) is 104 Å². The van der Waals surface area contributed by atoms with Crippen LogP contribution < -0.4 is 5.32 Å². The fourth-order valence-electron chi connectivity index (χ4n) is 3.87. The highest BCUT2D eigenvalue weighted by atomic mass is 79.9. The van der Waals surface area contributed by atoms with Crippen LogP contribution in [0.15, 0.2) is 35.1 Å². The Morgan fingerprint density at radius 1 is 1.33 bits per heavy atom. The van der Waals surface area contributed by atoms with Crippen LogP contribution in [-0.4, -0.2) is 49.5 Å². The number of hydrogen-bond acceptors (Lipinski definition) is 5. The molecule has 1 aromatic carbocycles. The van der Waals surface area contributed by atoms with E-state index in [1.807, 2.05) is 18.2 Å². The highest BCUT2D eigenvalue weighted by Gasteiger charge is 2.45. The quantitative estimate of drug-likeness (QED) is 0.669. The minimum absolute atomic E-state index is 0.0140. The van der Waals surface area contributed by atoms with Crippen LogP contribution in [0.4, 0.5) is 5.95 Å². The molecule has 2 N–H and O–H groups in total. The largest absolute Gasteiger partial charge is 0.326 e. The van der Waals surface area contributed by atoms with Crippen molar-refractivity contribution in [2.75, 3.05) is 11.9 Å². The number of halogens is 1. The number of nitrogens with zero attached hydrogens (tertiary/aromatic N) is 4. The molecular formula is C18H15BrN6O2. The van der Waals surface area contributed by atoms with Crippen LogP contribution >= 0.6 is 15.9 Å². The lowest BCUT2D eigenvalue weighted by Crippen LogP contribution is -2.55. The number of aromatic amines is 1. The number of rotatable bonds is 3. The van der Waals surface area contributed by atoms with E-state index in [-0.39, 0.29) is 30.3 Å². The fourth-order valence-corrected chi connectivity index (χ4v) is 4.24. The molecule has 2 aromatic heterocycles. The first-order valence-electron chi connectivity index (χ1n) is 8.66. The molecule has 2 unspecified atom stereocenters. The molecule has 1 fully saturated rings. The molecule has 0 saturated heterocycles. The summed E-state index contributed by atoms with van der Waals surface area (Å²) in [5.41, 5.74) is 2.31. The SMILES string of the molecule is O=C(CN1C(=O)c2ccc(Br)cc2C2CCC21)Nc1ncc2cn[nH]c2n1. The van der Waals surface area contributed by atoms with E-state index in [4.69, 9.17) is 0 Å². The predicted molar refractivity (Wildman–Crippen MR) is 101 cm³/mol. The molecule has 9 heteroatoms. The van der Waals surface area contributed by atoms with Gasteiger partial charge < -0.3 is 4.90 Å². The van der Waals surface area contributed by atoms with Gasteiger partial charge in [-0.2, -0.15) is 10.1 Å².